The number of benzene rings is 2. The highest BCUT2D eigenvalue weighted by atomic mass is 19.1. The van der Waals surface area contributed by atoms with Crippen LogP contribution in [0.3, 0.4) is 0 Å². The zero-order valence-corrected chi connectivity index (χ0v) is 9.77. The van der Waals surface area contributed by atoms with Crippen molar-refractivity contribution < 1.29 is 23.4 Å². The normalized spacial score (nSPS) is 10.2. The quantitative estimate of drug-likeness (QED) is 0.922. The molecule has 2 rings (SSSR count). The highest BCUT2D eigenvalue weighted by Gasteiger charge is 2.09. The van der Waals surface area contributed by atoms with Gasteiger partial charge in [-0.3, -0.25) is 0 Å². The van der Waals surface area contributed by atoms with E-state index in [0.29, 0.717) is 5.56 Å². The molecule has 0 aromatic heterocycles. The van der Waals surface area contributed by atoms with Gasteiger partial charge in [-0.15, -0.1) is 0 Å². The van der Waals surface area contributed by atoms with Crippen LogP contribution in [0, 0.1) is 11.6 Å². The SMILES string of the molecule is O=C(O)c1ccc(COc2c(F)cccc2F)cc1. The highest BCUT2D eigenvalue weighted by molar-refractivity contribution is 5.87. The van der Waals surface area contributed by atoms with Gasteiger partial charge in [0.2, 0.25) is 0 Å². The average Bonchev–Trinajstić information content (AvgIpc) is 2.38. The molecule has 3 nitrogen and oxygen atoms in total. The fraction of sp³-hybridized carbons (Fsp3) is 0.0714. The zero-order valence-electron chi connectivity index (χ0n) is 9.77. The second kappa shape index (κ2) is 5.48. The first-order chi connectivity index (χ1) is 9.08. The molecule has 1 N–H and O–H groups in total. The maximum atomic E-state index is 13.3. The van der Waals surface area contributed by atoms with Crippen LogP contribution in [0.1, 0.15) is 15.9 Å². The maximum Gasteiger partial charge on any atom is 0.335 e. The van der Waals surface area contributed by atoms with Crippen LogP contribution in [-0.4, -0.2) is 11.1 Å². The van der Waals surface area contributed by atoms with Crippen molar-refractivity contribution in [2.75, 3.05) is 0 Å². The number of ether oxygens (including phenoxy) is 1. The van der Waals surface area contributed by atoms with E-state index in [2.05, 4.69) is 0 Å². The Balaban J connectivity index is 2.08. The van der Waals surface area contributed by atoms with E-state index in [4.69, 9.17) is 9.84 Å². The van der Waals surface area contributed by atoms with Gasteiger partial charge < -0.3 is 9.84 Å². The molecule has 0 heterocycles. The van der Waals surface area contributed by atoms with E-state index >= 15 is 0 Å². The number of carbonyl (C=O) groups is 1. The lowest BCUT2D eigenvalue weighted by Crippen LogP contribution is -2.01. The Labute approximate surface area is 108 Å². The molecule has 0 atom stereocenters. The molecule has 0 unspecified atom stereocenters. The molecule has 98 valence electrons. The summed E-state index contributed by atoms with van der Waals surface area (Å²) in [5.74, 6) is -3.03. The summed E-state index contributed by atoms with van der Waals surface area (Å²) in [5.41, 5.74) is 0.758. The Morgan fingerprint density at radius 1 is 1.05 bits per heavy atom. The van der Waals surface area contributed by atoms with Gasteiger partial charge in [0.1, 0.15) is 6.61 Å². The Bertz CT molecular complexity index is 574. The zero-order chi connectivity index (χ0) is 13.8. The molecule has 0 radical (unpaired) electrons. The molecule has 0 amide bonds. The van der Waals surface area contributed by atoms with Gasteiger partial charge in [-0.05, 0) is 29.8 Å². The van der Waals surface area contributed by atoms with Gasteiger partial charge in [0, 0.05) is 0 Å². The van der Waals surface area contributed by atoms with Gasteiger partial charge in [-0.25, -0.2) is 13.6 Å². The average molecular weight is 264 g/mol. The number of hydrogen-bond donors (Lipinski definition) is 1. The Kier molecular flexibility index (Phi) is 3.75. The molecule has 2 aromatic rings. The topological polar surface area (TPSA) is 46.5 Å². The van der Waals surface area contributed by atoms with Gasteiger partial charge in [0.25, 0.3) is 0 Å². The molecule has 0 saturated heterocycles. The van der Waals surface area contributed by atoms with Crippen LogP contribution in [0.25, 0.3) is 0 Å². The number of aromatic carboxylic acids is 1. The van der Waals surface area contributed by atoms with Crippen molar-refractivity contribution in [2.45, 2.75) is 6.61 Å². The minimum absolute atomic E-state index is 0.0439. The van der Waals surface area contributed by atoms with E-state index in [-0.39, 0.29) is 12.2 Å². The summed E-state index contributed by atoms with van der Waals surface area (Å²) in [6, 6.07) is 9.32. The van der Waals surface area contributed by atoms with Crippen LogP contribution in [0.2, 0.25) is 0 Å². The smallest absolute Gasteiger partial charge is 0.335 e. The molecule has 0 bridgehead atoms. The molecule has 19 heavy (non-hydrogen) atoms. The minimum Gasteiger partial charge on any atom is -0.483 e. The minimum atomic E-state index is -1.03. The third kappa shape index (κ3) is 3.07. The van der Waals surface area contributed by atoms with Crippen molar-refractivity contribution in [3.05, 3.63) is 65.2 Å². The van der Waals surface area contributed by atoms with Crippen LogP contribution in [-0.2, 0) is 6.61 Å². The van der Waals surface area contributed by atoms with Crippen LogP contribution in [0.5, 0.6) is 5.75 Å². The standard InChI is InChI=1S/C14H10F2O3/c15-11-2-1-3-12(16)13(11)19-8-9-4-6-10(7-5-9)14(17)18/h1-7H,8H2,(H,17,18). The van der Waals surface area contributed by atoms with Crippen LogP contribution >= 0.6 is 0 Å². The summed E-state index contributed by atoms with van der Waals surface area (Å²) >= 11 is 0. The fourth-order valence-electron chi connectivity index (χ4n) is 1.52. The molecule has 2 aromatic carbocycles. The van der Waals surface area contributed by atoms with E-state index in [1.807, 2.05) is 0 Å². The maximum absolute atomic E-state index is 13.3. The van der Waals surface area contributed by atoms with E-state index < -0.39 is 23.4 Å². The molecule has 0 aliphatic heterocycles. The lowest BCUT2D eigenvalue weighted by atomic mass is 10.1. The molecular weight excluding hydrogens is 254 g/mol. The highest BCUT2D eigenvalue weighted by Crippen LogP contribution is 2.22. The third-order valence-corrected chi connectivity index (χ3v) is 2.50. The lowest BCUT2D eigenvalue weighted by molar-refractivity contribution is 0.0697. The summed E-state index contributed by atoms with van der Waals surface area (Å²) in [4.78, 5) is 10.7. The summed E-state index contributed by atoms with van der Waals surface area (Å²) in [6.07, 6.45) is 0. The number of hydrogen-bond acceptors (Lipinski definition) is 2. The molecule has 0 aliphatic rings. The van der Waals surface area contributed by atoms with Crippen molar-refractivity contribution >= 4 is 5.97 Å². The molecule has 0 spiro atoms. The van der Waals surface area contributed by atoms with E-state index in [0.717, 1.165) is 12.1 Å². The number of rotatable bonds is 4. The van der Waals surface area contributed by atoms with Gasteiger partial charge in [0.05, 0.1) is 5.56 Å². The Morgan fingerprint density at radius 3 is 2.16 bits per heavy atom. The summed E-state index contributed by atoms with van der Waals surface area (Å²) in [7, 11) is 0. The summed E-state index contributed by atoms with van der Waals surface area (Å²) in [5, 5.41) is 8.73. The first-order valence-electron chi connectivity index (χ1n) is 5.47. The third-order valence-electron chi connectivity index (χ3n) is 2.50. The lowest BCUT2D eigenvalue weighted by Gasteiger charge is -2.08. The predicted molar refractivity (Wildman–Crippen MR) is 64.1 cm³/mol. The van der Waals surface area contributed by atoms with Gasteiger partial charge in [-0.1, -0.05) is 18.2 Å². The monoisotopic (exact) mass is 264 g/mol. The van der Waals surface area contributed by atoms with Crippen LogP contribution in [0.15, 0.2) is 42.5 Å². The van der Waals surface area contributed by atoms with Crippen molar-refractivity contribution in [1.82, 2.24) is 0 Å². The number of carboxylic acid groups (broad SMARTS) is 1. The number of halogens is 2. The van der Waals surface area contributed by atoms with Crippen molar-refractivity contribution in [1.29, 1.82) is 0 Å². The van der Waals surface area contributed by atoms with Crippen molar-refractivity contribution in [3.63, 3.8) is 0 Å². The first kappa shape index (κ1) is 13.0. The van der Waals surface area contributed by atoms with E-state index in [1.165, 1.54) is 30.3 Å². The van der Waals surface area contributed by atoms with Crippen molar-refractivity contribution in [2.24, 2.45) is 0 Å². The fourth-order valence-corrected chi connectivity index (χ4v) is 1.52. The van der Waals surface area contributed by atoms with Crippen LogP contribution < -0.4 is 4.74 Å². The summed E-state index contributed by atoms with van der Waals surface area (Å²) < 4.78 is 31.6. The largest absolute Gasteiger partial charge is 0.483 e. The summed E-state index contributed by atoms with van der Waals surface area (Å²) in [6.45, 7) is -0.0439. The molecule has 0 fully saturated rings. The van der Waals surface area contributed by atoms with E-state index in [1.54, 1.807) is 0 Å². The second-order valence-electron chi connectivity index (χ2n) is 3.84. The number of carboxylic acids is 1. The van der Waals surface area contributed by atoms with Gasteiger partial charge in [0.15, 0.2) is 17.4 Å². The Morgan fingerprint density at radius 2 is 1.63 bits per heavy atom. The van der Waals surface area contributed by atoms with E-state index in [9.17, 15) is 13.6 Å². The number of para-hydroxylation sites is 1. The second-order valence-corrected chi connectivity index (χ2v) is 3.84. The van der Waals surface area contributed by atoms with Gasteiger partial charge >= 0.3 is 5.97 Å². The predicted octanol–water partition coefficient (Wildman–Crippen LogP) is 3.24. The van der Waals surface area contributed by atoms with Gasteiger partial charge in [-0.2, -0.15) is 0 Å². The van der Waals surface area contributed by atoms with Crippen LogP contribution in [0.4, 0.5) is 8.78 Å². The molecule has 0 saturated carbocycles. The first-order valence-corrected chi connectivity index (χ1v) is 5.47. The molecule has 0 aliphatic carbocycles. The molecular formula is C14H10F2O3. The molecule has 5 heteroatoms. The Hall–Kier alpha value is -2.43. The van der Waals surface area contributed by atoms with Crippen molar-refractivity contribution in [3.8, 4) is 5.75 Å².